The van der Waals surface area contributed by atoms with Gasteiger partial charge in [-0.25, -0.2) is 19.6 Å². The molecule has 0 saturated carbocycles. The second kappa shape index (κ2) is 16.8. The average Bonchev–Trinajstić information content (AvgIpc) is 4.06. The van der Waals surface area contributed by atoms with Crippen LogP contribution in [0.4, 0.5) is 9.59 Å². The number of H-pyrrole nitrogens is 2. The number of fused-ring (bicyclic) bond motifs is 1. The molecule has 4 N–H and O–H groups in total. The minimum atomic E-state index is -0.688. The molecule has 3 aromatic heterocycles. The number of nitrogens with one attached hydrogen (secondary N) is 4. The van der Waals surface area contributed by atoms with E-state index in [0.29, 0.717) is 13.1 Å². The first-order valence-corrected chi connectivity index (χ1v) is 20.3. The SMILES string of the molecule is COC(=O)N[C@@H](C(=O)N1CCC[C@@H]1c1ncc(-c2ccc3cc(-c4ccc(-c5cnc([C@H]6CCCN6C(=O)[C@H](NC(=O)OC)C(C)C)[nH]5)s4)ccc3c2)[nH]1)C(C)C. The molecule has 2 fully saturated rings. The van der Waals surface area contributed by atoms with Crippen LogP contribution in [0, 0.1) is 11.8 Å². The number of amides is 4. The molecule has 2 aliphatic heterocycles. The number of hydrogen-bond acceptors (Lipinski definition) is 9. The molecule has 4 amide bonds. The molecule has 2 aliphatic rings. The molecule has 0 bridgehead atoms. The highest BCUT2D eigenvalue weighted by Gasteiger charge is 2.39. The van der Waals surface area contributed by atoms with Crippen molar-refractivity contribution in [2.45, 2.75) is 77.5 Å². The van der Waals surface area contributed by atoms with Gasteiger partial charge in [-0.2, -0.15) is 0 Å². The summed E-state index contributed by atoms with van der Waals surface area (Å²) in [5.74, 6) is 0.980. The largest absolute Gasteiger partial charge is 0.453 e. The lowest BCUT2D eigenvalue weighted by atomic mass is 10.0. The van der Waals surface area contributed by atoms with Crippen molar-refractivity contribution in [3.05, 3.63) is 72.6 Å². The van der Waals surface area contributed by atoms with E-state index in [1.807, 2.05) is 49.9 Å². The number of rotatable bonds is 11. The zero-order chi connectivity index (χ0) is 40.4. The van der Waals surface area contributed by atoms with Crippen LogP contribution in [-0.2, 0) is 19.1 Å². The molecule has 14 nitrogen and oxygen atoms in total. The maximum Gasteiger partial charge on any atom is 0.407 e. The highest BCUT2D eigenvalue weighted by molar-refractivity contribution is 7.18. The Hall–Kier alpha value is -5.70. The number of aromatic nitrogens is 4. The summed E-state index contributed by atoms with van der Waals surface area (Å²) in [6, 6.07) is 15.2. The van der Waals surface area contributed by atoms with E-state index in [-0.39, 0.29) is 35.7 Å². The Morgan fingerprint density at radius 3 is 1.68 bits per heavy atom. The summed E-state index contributed by atoms with van der Waals surface area (Å²) in [5, 5.41) is 7.60. The normalized spacial score (nSPS) is 18.0. The molecule has 2 saturated heterocycles. The number of ether oxygens (including phenoxy) is 2. The third-order valence-electron chi connectivity index (χ3n) is 11.0. The number of hydrogen-bond donors (Lipinski definition) is 4. The predicted octanol–water partition coefficient (Wildman–Crippen LogP) is 7.44. The van der Waals surface area contributed by atoms with Crippen molar-refractivity contribution in [3.8, 4) is 32.3 Å². The average molecular weight is 795 g/mol. The first kappa shape index (κ1) is 39.5. The second-order valence-corrected chi connectivity index (χ2v) is 16.5. The second-order valence-electron chi connectivity index (χ2n) is 15.4. The Morgan fingerprint density at radius 1 is 0.684 bits per heavy atom. The first-order chi connectivity index (χ1) is 27.4. The Balaban J connectivity index is 1.04. The van der Waals surface area contributed by atoms with Crippen LogP contribution in [0.1, 0.15) is 77.1 Å². The molecule has 2 aromatic carbocycles. The van der Waals surface area contributed by atoms with Crippen LogP contribution in [0.2, 0.25) is 0 Å². The lowest BCUT2D eigenvalue weighted by Crippen LogP contribution is -2.51. The minimum absolute atomic E-state index is 0.104. The molecule has 300 valence electrons. The molecular formula is C42H50N8O6S. The molecule has 0 aliphatic carbocycles. The van der Waals surface area contributed by atoms with Crippen LogP contribution >= 0.6 is 11.3 Å². The molecule has 7 rings (SSSR count). The number of aromatic amines is 2. The number of methoxy groups -OCH3 is 2. The van der Waals surface area contributed by atoms with Gasteiger partial charge in [-0.15, -0.1) is 11.3 Å². The monoisotopic (exact) mass is 794 g/mol. The van der Waals surface area contributed by atoms with Gasteiger partial charge in [-0.3, -0.25) is 9.59 Å². The van der Waals surface area contributed by atoms with Crippen molar-refractivity contribution in [1.29, 1.82) is 0 Å². The Bertz CT molecular complexity index is 2260. The molecule has 5 heterocycles. The number of likely N-dealkylation sites (tertiary alicyclic amines) is 2. The van der Waals surface area contributed by atoms with Gasteiger partial charge in [-0.05, 0) is 78.1 Å². The fourth-order valence-electron chi connectivity index (χ4n) is 7.87. The van der Waals surface area contributed by atoms with Gasteiger partial charge in [0.25, 0.3) is 0 Å². The number of carbonyl (C=O) groups excluding carboxylic acids is 4. The fraction of sp³-hybridized carbons (Fsp3) is 0.429. The Kier molecular flexibility index (Phi) is 11.7. The smallest absolute Gasteiger partial charge is 0.407 e. The van der Waals surface area contributed by atoms with Crippen molar-refractivity contribution in [3.63, 3.8) is 0 Å². The summed E-state index contributed by atoms with van der Waals surface area (Å²) in [7, 11) is 2.58. The van der Waals surface area contributed by atoms with Crippen molar-refractivity contribution in [2.24, 2.45) is 11.8 Å². The van der Waals surface area contributed by atoms with E-state index in [4.69, 9.17) is 19.4 Å². The quantitative estimate of drug-likeness (QED) is 0.107. The van der Waals surface area contributed by atoms with Gasteiger partial charge >= 0.3 is 12.2 Å². The molecule has 0 spiro atoms. The van der Waals surface area contributed by atoms with Gasteiger partial charge in [0, 0.05) is 23.5 Å². The van der Waals surface area contributed by atoms with E-state index in [2.05, 4.69) is 69.1 Å². The summed E-state index contributed by atoms with van der Waals surface area (Å²) in [6.45, 7) is 8.81. The van der Waals surface area contributed by atoms with E-state index in [0.717, 1.165) is 80.4 Å². The summed E-state index contributed by atoms with van der Waals surface area (Å²) in [5.41, 5.74) is 3.86. The van der Waals surface area contributed by atoms with Crippen LogP contribution < -0.4 is 10.6 Å². The van der Waals surface area contributed by atoms with Crippen LogP contribution in [0.25, 0.3) is 43.0 Å². The van der Waals surface area contributed by atoms with Crippen LogP contribution in [-0.4, -0.2) is 93.1 Å². The van der Waals surface area contributed by atoms with E-state index in [1.165, 1.54) is 14.2 Å². The maximum atomic E-state index is 13.6. The topological polar surface area (TPSA) is 175 Å². The Morgan fingerprint density at radius 2 is 1.16 bits per heavy atom. The number of alkyl carbamates (subject to hydrolysis) is 2. The summed E-state index contributed by atoms with van der Waals surface area (Å²) < 4.78 is 9.53. The van der Waals surface area contributed by atoms with Crippen LogP contribution in [0.3, 0.4) is 0 Å². The van der Waals surface area contributed by atoms with Gasteiger partial charge in [0.15, 0.2) is 0 Å². The van der Waals surface area contributed by atoms with Gasteiger partial charge in [0.05, 0.1) is 55.0 Å². The van der Waals surface area contributed by atoms with Gasteiger partial charge in [-0.1, -0.05) is 52.0 Å². The zero-order valence-corrected chi connectivity index (χ0v) is 33.9. The highest BCUT2D eigenvalue weighted by Crippen LogP contribution is 2.38. The maximum absolute atomic E-state index is 13.6. The molecule has 0 radical (unpaired) electrons. The number of nitrogens with zero attached hydrogens (tertiary/aromatic N) is 4. The van der Waals surface area contributed by atoms with Crippen molar-refractivity contribution in [2.75, 3.05) is 27.3 Å². The zero-order valence-electron chi connectivity index (χ0n) is 33.1. The lowest BCUT2D eigenvalue weighted by Gasteiger charge is -2.30. The molecule has 57 heavy (non-hydrogen) atoms. The summed E-state index contributed by atoms with van der Waals surface area (Å²) in [6.07, 6.45) is 5.67. The first-order valence-electron chi connectivity index (χ1n) is 19.5. The van der Waals surface area contributed by atoms with Crippen LogP contribution in [0.5, 0.6) is 0 Å². The molecule has 15 heteroatoms. The van der Waals surface area contributed by atoms with Crippen molar-refractivity contribution < 1.29 is 28.7 Å². The summed E-state index contributed by atoms with van der Waals surface area (Å²) in [4.78, 5) is 73.3. The fourth-order valence-corrected chi connectivity index (χ4v) is 8.84. The number of carbonyl (C=O) groups is 4. The van der Waals surface area contributed by atoms with E-state index < -0.39 is 24.3 Å². The third kappa shape index (κ3) is 8.24. The molecule has 0 unspecified atom stereocenters. The van der Waals surface area contributed by atoms with E-state index in [9.17, 15) is 19.2 Å². The molecular weight excluding hydrogens is 745 g/mol. The lowest BCUT2D eigenvalue weighted by molar-refractivity contribution is -0.136. The van der Waals surface area contributed by atoms with Gasteiger partial charge in [0.2, 0.25) is 11.8 Å². The number of thiophene rings is 1. The van der Waals surface area contributed by atoms with Crippen molar-refractivity contribution in [1.82, 2.24) is 40.4 Å². The predicted molar refractivity (Wildman–Crippen MR) is 218 cm³/mol. The number of benzene rings is 2. The molecule has 4 atom stereocenters. The van der Waals surface area contributed by atoms with Crippen molar-refractivity contribution >= 4 is 46.1 Å². The van der Waals surface area contributed by atoms with Crippen LogP contribution in [0.15, 0.2) is 60.9 Å². The standard InChI is InChI=1S/C42H50N8O6S/c1-23(2)35(47-41(53)55-5)39(51)49-17-7-9-31(49)37-43-21-29(45-37)27-13-11-26-20-28(14-12-25(26)19-27)33-15-16-34(57-33)30-22-44-38(46-30)32-10-8-18-50(32)40(52)36(24(3)4)48-42(54)56-6/h11-16,19-24,31-32,35-36H,7-10,17-18H2,1-6H3,(H,43,45)(H,44,46)(H,47,53)(H,48,54)/t31-,32-,35-,36-/m1/s1. The number of imidazole rings is 2. The minimum Gasteiger partial charge on any atom is -0.453 e. The summed E-state index contributed by atoms with van der Waals surface area (Å²) >= 11 is 1.67. The van der Waals surface area contributed by atoms with Gasteiger partial charge in [0.1, 0.15) is 23.7 Å². The molecule has 5 aromatic rings. The van der Waals surface area contributed by atoms with Gasteiger partial charge < -0.3 is 39.9 Å². The Labute approximate surface area is 335 Å². The highest BCUT2D eigenvalue weighted by atomic mass is 32.1. The van der Waals surface area contributed by atoms with E-state index in [1.54, 1.807) is 11.3 Å². The third-order valence-corrected chi connectivity index (χ3v) is 12.2. The van der Waals surface area contributed by atoms with E-state index >= 15 is 0 Å².